The van der Waals surface area contributed by atoms with Crippen molar-refractivity contribution in [3.05, 3.63) is 0 Å². The summed E-state index contributed by atoms with van der Waals surface area (Å²) in [4.78, 5) is 4.10. The van der Waals surface area contributed by atoms with Crippen LogP contribution in [0.1, 0.15) is 27.2 Å². The molecule has 0 saturated carbocycles. The van der Waals surface area contributed by atoms with Crippen molar-refractivity contribution in [2.75, 3.05) is 32.4 Å². The Morgan fingerprint density at radius 3 is 2.50 bits per heavy atom. The van der Waals surface area contributed by atoms with Crippen LogP contribution in [-0.2, 0) is 10.0 Å². The normalized spacial score (nSPS) is 21.0. The first kappa shape index (κ1) is 15.2. The zero-order valence-electron chi connectivity index (χ0n) is 11.7. The summed E-state index contributed by atoms with van der Waals surface area (Å²) < 4.78 is 24.7. The summed E-state index contributed by atoms with van der Waals surface area (Å²) in [5.74, 6) is 0.973. The molecule has 0 bridgehead atoms. The quantitative estimate of drug-likeness (QED) is 0.561. The van der Waals surface area contributed by atoms with Crippen molar-refractivity contribution < 1.29 is 8.42 Å². The summed E-state index contributed by atoms with van der Waals surface area (Å²) in [5.41, 5.74) is -0.0679. The zero-order valence-corrected chi connectivity index (χ0v) is 12.5. The highest BCUT2D eigenvalue weighted by Crippen LogP contribution is 2.11. The monoisotopic (exact) mass is 276 g/mol. The third-order valence-corrected chi connectivity index (χ3v) is 4.53. The van der Waals surface area contributed by atoms with Crippen molar-refractivity contribution in [3.63, 3.8) is 0 Å². The van der Waals surface area contributed by atoms with Gasteiger partial charge in [-0.3, -0.25) is 4.99 Å². The highest BCUT2D eigenvalue weighted by atomic mass is 32.2. The van der Waals surface area contributed by atoms with Crippen LogP contribution in [-0.4, -0.2) is 56.7 Å². The molecule has 0 spiro atoms. The molecule has 2 N–H and O–H groups in total. The van der Waals surface area contributed by atoms with Crippen molar-refractivity contribution in [2.45, 2.75) is 32.7 Å². The fraction of sp³-hybridized carbons (Fsp3) is 0.909. The molecule has 1 saturated heterocycles. The first-order valence-electron chi connectivity index (χ1n) is 6.21. The first-order chi connectivity index (χ1) is 8.24. The third-order valence-electron chi connectivity index (χ3n) is 2.57. The highest BCUT2D eigenvalue weighted by Gasteiger charge is 2.27. The first-order valence-corrected chi connectivity index (χ1v) is 7.82. The Labute approximate surface area is 110 Å². The fourth-order valence-corrected chi connectivity index (χ4v) is 3.30. The molecule has 0 aromatic rings. The van der Waals surface area contributed by atoms with Crippen molar-refractivity contribution >= 4 is 16.0 Å². The molecule has 0 aliphatic carbocycles. The predicted octanol–water partition coefficient (Wildman–Crippen LogP) is -0.0146. The number of nitrogens with zero attached hydrogens (tertiary/aromatic N) is 2. The van der Waals surface area contributed by atoms with E-state index >= 15 is 0 Å². The summed E-state index contributed by atoms with van der Waals surface area (Å²) >= 11 is 0. The highest BCUT2D eigenvalue weighted by molar-refractivity contribution is 7.89. The van der Waals surface area contributed by atoms with Gasteiger partial charge in [-0.2, -0.15) is 0 Å². The molecule has 1 aliphatic heterocycles. The van der Waals surface area contributed by atoms with Crippen molar-refractivity contribution in [1.82, 2.24) is 14.9 Å². The lowest BCUT2D eigenvalue weighted by Crippen LogP contribution is -2.49. The van der Waals surface area contributed by atoms with Crippen molar-refractivity contribution in [3.8, 4) is 0 Å². The predicted molar refractivity (Wildman–Crippen MR) is 74.2 cm³/mol. The summed E-state index contributed by atoms with van der Waals surface area (Å²) in [5, 5.41) is 6.35. The Balaban J connectivity index is 2.37. The molecule has 7 heteroatoms. The van der Waals surface area contributed by atoms with E-state index in [1.54, 1.807) is 7.05 Å². The number of guanidine groups is 1. The van der Waals surface area contributed by atoms with Crippen LogP contribution in [0.5, 0.6) is 0 Å². The molecule has 0 unspecified atom stereocenters. The molecule has 1 rings (SSSR count). The maximum atomic E-state index is 11.6. The van der Waals surface area contributed by atoms with Gasteiger partial charge in [0.2, 0.25) is 10.0 Å². The SMILES string of the molecule is CN=C(NCCN1CCCS1(=O)=O)NC(C)(C)C. The summed E-state index contributed by atoms with van der Waals surface area (Å²) in [7, 11) is -1.29. The number of hydrogen-bond donors (Lipinski definition) is 2. The van der Waals surface area contributed by atoms with Gasteiger partial charge in [0, 0.05) is 32.2 Å². The van der Waals surface area contributed by atoms with Crippen molar-refractivity contribution in [1.29, 1.82) is 0 Å². The number of nitrogens with one attached hydrogen (secondary N) is 2. The van der Waals surface area contributed by atoms with Gasteiger partial charge >= 0.3 is 0 Å². The number of rotatable bonds is 3. The second-order valence-electron chi connectivity index (χ2n) is 5.44. The van der Waals surface area contributed by atoms with Crippen LogP contribution >= 0.6 is 0 Å². The van der Waals surface area contributed by atoms with Gasteiger partial charge in [0.25, 0.3) is 0 Å². The molecule has 0 atom stereocenters. The van der Waals surface area contributed by atoms with Gasteiger partial charge in [-0.15, -0.1) is 0 Å². The van der Waals surface area contributed by atoms with Crippen molar-refractivity contribution in [2.24, 2.45) is 4.99 Å². The Kier molecular flexibility index (Phi) is 4.98. The lowest BCUT2D eigenvalue weighted by molar-refractivity contribution is 0.441. The summed E-state index contributed by atoms with van der Waals surface area (Å²) in [6.45, 7) is 7.83. The largest absolute Gasteiger partial charge is 0.355 e. The van der Waals surface area contributed by atoms with E-state index in [4.69, 9.17) is 0 Å². The second kappa shape index (κ2) is 5.88. The molecule has 1 aliphatic rings. The fourth-order valence-electron chi connectivity index (χ4n) is 1.78. The molecule has 18 heavy (non-hydrogen) atoms. The summed E-state index contributed by atoms with van der Waals surface area (Å²) in [6, 6.07) is 0. The number of sulfonamides is 1. The third kappa shape index (κ3) is 4.81. The average molecular weight is 276 g/mol. The molecule has 0 radical (unpaired) electrons. The lowest BCUT2D eigenvalue weighted by atomic mass is 10.1. The maximum Gasteiger partial charge on any atom is 0.214 e. The molecule has 1 fully saturated rings. The van der Waals surface area contributed by atoms with E-state index in [2.05, 4.69) is 15.6 Å². The van der Waals surface area contributed by atoms with Crippen LogP contribution in [0.4, 0.5) is 0 Å². The molecular formula is C11H24N4O2S. The lowest BCUT2D eigenvalue weighted by Gasteiger charge is -2.24. The standard InChI is InChI=1S/C11H24N4O2S/c1-11(2,3)14-10(12-4)13-6-8-15-7-5-9-18(15,16)17/h5-9H2,1-4H3,(H2,12,13,14). The van der Waals surface area contributed by atoms with Gasteiger partial charge in [-0.1, -0.05) is 0 Å². The van der Waals surface area contributed by atoms with Crippen LogP contribution in [0, 0.1) is 0 Å². The van der Waals surface area contributed by atoms with Gasteiger partial charge in [-0.25, -0.2) is 12.7 Å². The van der Waals surface area contributed by atoms with Gasteiger partial charge < -0.3 is 10.6 Å². The number of aliphatic imine (C=N–C) groups is 1. The van der Waals surface area contributed by atoms with E-state index in [0.717, 1.165) is 6.42 Å². The Morgan fingerprint density at radius 2 is 2.06 bits per heavy atom. The minimum Gasteiger partial charge on any atom is -0.355 e. The minimum atomic E-state index is -2.99. The van der Waals surface area contributed by atoms with Crippen LogP contribution in [0.25, 0.3) is 0 Å². The van der Waals surface area contributed by atoms with Crippen LogP contribution < -0.4 is 10.6 Å². The smallest absolute Gasteiger partial charge is 0.214 e. The summed E-state index contributed by atoms with van der Waals surface area (Å²) in [6.07, 6.45) is 0.733. The molecule has 0 aromatic carbocycles. The van der Waals surface area contributed by atoms with E-state index in [0.29, 0.717) is 25.6 Å². The van der Waals surface area contributed by atoms with Crippen LogP contribution in [0.2, 0.25) is 0 Å². The zero-order chi connectivity index (χ0) is 13.8. The molecule has 0 aromatic heterocycles. The topological polar surface area (TPSA) is 73.8 Å². The molecule has 106 valence electrons. The molecule has 6 nitrogen and oxygen atoms in total. The van der Waals surface area contributed by atoms with E-state index in [9.17, 15) is 8.42 Å². The Morgan fingerprint density at radius 1 is 1.39 bits per heavy atom. The van der Waals surface area contributed by atoms with Crippen LogP contribution in [0.3, 0.4) is 0 Å². The maximum absolute atomic E-state index is 11.6. The second-order valence-corrected chi connectivity index (χ2v) is 7.53. The van der Waals surface area contributed by atoms with Gasteiger partial charge in [0.15, 0.2) is 5.96 Å². The van der Waals surface area contributed by atoms with Gasteiger partial charge in [0.1, 0.15) is 0 Å². The Bertz CT molecular complexity index is 398. The van der Waals surface area contributed by atoms with Gasteiger partial charge in [0.05, 0.1) is 5.75 Å². The molecule has 1 heterocycles. The molecular weight excluding hydrogens is 252 g/mol. The van der Waals surface area contributed by atoms with E-state index < -0.39 is 10.0 Å². The van der Waals surface area contributed by atoms with Gasteiger partial charge in [-0.05, 0) is 27.2 Å². The Hall–Kier alpha value is -0.820. The van der Waals surface area contributed by atoms with E-state index in [1.807, 2.05) is 20.8 Å². The minimum absolute atomic E-state index is 0.0679. The van der Waals surface area contributed by atoms with Crippen LogP contribution in [0.15, 0.2) is 4.99 Å². The van der Waals surface area contributed by atoms with E-state index in [1.165, 1.54) is 4.31 Å². The average Bonchev–Trinajstić information content (AvgIpc) is 2.55. The van der Waals surface area contributed by atoms with E-state index in [-0.39, 0.29) is 11.3 Å². The number of hydrogen-bond acceptors (Lipinski definition) is 3. The molecule has 0 amide bonds.